The molecule has 0 radical (unpaired) electrons. The lowest BCUT2D eigenvalue weighted by Gasteiger charge is -2.19. The van der Waals surface area contributed by atoms with Crippen LogP contribution in [-0.4, -0.2) is 30.6 Å². The summed E-state index contributed by atoms with van der Waals surface area (Å²) in [7, 11) is 0. The first-order chi connectivity index (χ1) is 13.8. The van der Waals surface area contributed by atoms with Crippen molar-refractivity contribution >= 4 is 16.8 Å². The number of fused-ring (bicyclic) bond motifs is 2. The fraction of sp³-hybridized carbons (Fsp3) is 0.304. The van der Waals surface area contributed by atoms with E-state index < -0.39 is 0 Å². The van der Waals surface area contributed by atoms with Crippen LogP contribution in [0.4, 0.5) is 0 Å². The minimum absolute atomic E-state index is 0.0435. The summed E-state index contributed by atoms with van der Waals surface area (Å²) in [5, 5.41) is 3.97. The fourth-order valence-corrected chi connectivity index (χ4v) is 3.63. The van der Waals surface area contributed by atoms with E-state index in [1.807, 2.05) is 48.5 Å². The van der Waals surface area contributed by atoms with Crippen LogP contribution in [0.15, 0.2) is 48.5 Å². The number of carbonyl (C=O) groups excluding carboxylic acids is 1. The summed E-state index contributed by atoms with van der Waals surface area (Å²) in [6.07, 6.45) is 3.06. The van der Waals surface area contributed by atoms with Crippen LogP contribution in [0.5, 0.6) is 11.5 Å². The number of aromatic nitrogens is 1. The van der Waals surface area contributed by atoms with Crippen molar-refractivity contribution < 1.29 is 14.3 Å². The molecule has 2 aromatic carbocycles. The number of amides is 1. The summed E-state index contributed by atoms with van der Waals surface area (Å²) < 4.78 is 11.2. The smallest absolute Gasteiger partial charge is 0.252 e. The summed E-state index contributed by atoms with van der Waals surface area (Å²) >= 11 is 0. The topological polar surface area (TPSA) is 60.5 Å². The van der Waals surface area contributed by atoms with E-state index in [0.29, 0.717) is 25.7 Å². The second-order valence-corrected chi connectivity index (χ2v) is 7.37. The Hall–Kier alpha value is -3.08. The molecular formula is C23H22N2O3. The van der Waals surface area contributed by atoms with Crippen LogP contribution in [0.25, 0.3) is 10.9 Å². The zero-order chi connectivity index (χ0) is 18.9. The summed E-state index contributed by atoms with van der Waals surface area (Å²) in [4.78, 5) is 17.6. The van der Waals surface area contributed by atoms with E-state index in [4.69, 9.17) is 14.5 Å². The van der Waals surface area contributed by atoms with Gasteiger partial charge in [-0.05, 0) is 49.1 Å². The number of nitrogens with one attached hydrogen (secondary N) is 1. The molecule has 5 rings (SSSR count). The van der Waals surface area contributed by atoms with Crippen molar-refractivity contribution in [3.63, 3.8) is 0 Å². The average Bonchev–Trinajstić information content (AvgIpc) is 3.58. The van der Waals surface area contributed by atoms with Gasteiger partial charge in [0.2, 0.25) is 0 Å². The van der Waals surface area contributed by atoms with Crippen molar-refractivity contribution in [2.75, 3.05) is 19.8 Å². The van der Waals surface area contributed by atoms with Gasteiger partial charge >= 0.3 is 0 Å². The third kappa shape index (κ3) is 3.40. The molecule has 1 aliphatic carbocycles. The van der Waals surface area contributed by atoms with Gasteiger partial charge in [0.15, 0.2) is 11.5 Å². The van der Waals surface area contributed by atoms with Crippen LogP contribution in [0, 0.1) is 0 Å². The lowest BCUT2D eigenvalue weighted by molar-refractivity contribution is 0.0955. The Morgan fingerprint density at radius 1 is 1.04 bits per heavy atom. The maximum Gasteiger partial charge on any atom is 0.252 e. The Morgan fingerprint density at radius 3 is 2.71 bits per heavy atom. The van der Waals surface area contributed by atoms with Gasteiger partial charge in [0.1, 0.15) is 13.2 Å². The molecule has 1 amide bonds. The van der Waals surface area contributed by atoms with Gasteiger partial charge in [-0.1, -0.05) is 24.3 Å². The minimum atomic E-state index is -0.0435. The molecule has 0 bridgehead atoms. The fourth-order valence-electron chi connectivity index (χ4n) is 3.63. The monoisotopic (exact) mass is 374 g/mol. The zero-order valence-electron chi connectivity index (χ0n) is 15.6. The van der Waals surface area contributed by atoms with Crippen molar-refractivity contribution in [1.82, 2.24) is 10.3 Å². The van der Waals surface area contributed by atoms with Gasteiger partial charge in [-0.15, -0.1) is 0 Å². The van der Waals surface area contributed by atoms with Crippen LogP contribution in [0.2, 0.25) is 0 Å². The molecule has 1 fully saturated rings. The van der Waals surface area contributed by atoms with E-state index in [0.717, 1.165) is 58.5 Å². The molecule has 0 unspecified atom stereocenters. The lowest BCUT2D eigenvalue weighted by Crippen LogP contribution is -2.26. The van der Waals surface area contributed by atoms with Gasteiger partial charge in [-0.2, -0.15) is 0 Å². The lowest BCUT2D eigenvalue weighted by atomic mass is 10.0. The van der Waals surface area contributed by atoms with Crippen LogP contribution in [-0.2, 0) is 6.42 Å². The minimum Gasteiger partial charge on any atom is -0.486 e. The number of hydrogen-bond donors (Lipinski definition) is 1. The standard InChI is InChI=1S/C23H22N2O3/c26-23(24-10-9-15-5-8-21-22(13-15)28-12-11-27-21)18-14-20(16-6-7-16)25-19-4-2-1-3-17(18)19/h1-5,8,13-14,16H,6-7,9-12H2,(H,24,26). The third-order valence-electron chi connectivity index (χ3n) is 5.28. The van der Waals surface area contributed by atoms with E-state index in [2.05, 4.69) is 5.32 Å². The average molecular weight is 374 g/mol. The van der Waals surface area contributed by atoms with Crippen molar-refractivity contribution in [3.8, 4) is 11.5 Å². The first kappa shape index (κ1) is 17.0. The first-order valence-corrected chi connectivity index (χ1v) is 9.84. The van der Waals surface area contributed by atoms with E-state index in [1.54, 1.807) is 0 Å². The maximum absolute atomic E-state index is 12.9. The summed E-state index contributed by atoms with van der Waals surface area (Å²) in [5.74, 6) is 2.03. The largest absolute Gasteiger partial charge is 0.486 e. The molecule has 1 aliphatic heterocycles. The Morgan fingerprint density at radius 2 is 1.86 bits per heavy atom. The van der Waals surface area contributed by atoms with Crippen molar-refractivity contribution in [3.05, 3.63) is 65.4 Å². The number of benzene rings is 2. The molecule has 28 heavy (non-hydrogen) atoms. The molecule has 0 atom stereocenters. The Kier molecular flexibility index (Phi) is 4.35. The molecule has 142 valence electrons. The number of para-hydroxylation sites is 1. The number of hydrogen-bond acceptors (Lipinski definition) is 4. The molecular weight excluding hydrogens is 352 g/mol. The summed E-state index contributed by atoms with van der Waals surface area (Å²) in [6, 6.07) is 15.8. The highest BCUT2D eigenvalue weighted by molar-refractivity contribution is 6.06. The highest BCUT2D eigenvalue weighted by Gasteiger charge is 2.26. The highest BCUT2D eigenvalue weighted by Crippen LogP contribution is 2.40. The first-order valence-electron chi connectivity index (χ1n) is 9.84. The summed E-state index contributed by atoms with van der Waals surface area (Å²) in [5.41, 5.74) is 3.76. The van der Waals surface area contributed by atoms with Crippen molar-refractivity contribution in [2.24, 2.45) is 0 Å². The number of pyridine rings is 1. The molecule has 1 saturated carbocycles. The predicted molar refractivity (Wildman–Crippen MR) is 107 cm³/mol. The Labute approximate surface area is 163 Å². The molecule has 1 N–H and O–H groups in total. The normalized spacial score (nSPS) is 15.4. The van der Waals surface area contributed by atoms with E-state index in [9.17, 15) is 4.79 Å². The number of nitrogens with zero attached hydrogens (tertiary/aromatic N) is 1. The SMILES string of the molecule is O=C(NCCc1ccc2c(c1)OCCO2)c1cc(C2CC2)nc2ccccc12. The summed E-state index contributed by atoms with van der Waals surface area (Å²) in [6.45, 7) is 1.73. The van der Waals surface area contributed by atoms with Gasteiger partial charge in [-0.3, -0.25) is 9.78 Å². The maximum atomic E-state index is 12.9. The van der Waals surface area contributed by atoms with Crippen LogP contribution < -0.4 is 14.8 Å². The van der Waals surface area contributed by atoms with Gasteiger partial charge in [0, 0.05) is 23.5 Å². The highest BCUT2D eigenvalue weighted by atomic mass is 16.6. The molecule has 2 heterocycles. The number of ether oxygens (including phenoxy) is 2. The molecule has 5 nitrogen and oxygen atoms in total. The van der Waals surface area contributed by atoms with Gasteiger partial charge in [0.25, 0.3) is 5.91 Å². The molecule has 0 saturated heterocycles. The molecule has 5 heteroatoms. The molecule has 2 aliphatic rings. The van der Waals surface area contributed by atoms with E-state index in [-0.39, 0.29) is 5.91 Å². The van der Waals surface area contributed by atoms with Crippen molar-refractivity contribution in [2.45, 2.75) is 25.2 Å². The van der Waals surface area contributed by atoms with Gasteiger partial charge in [0.05, 0.1) is 11.1 Å². The number of rotatable bonds is 5. The number of carbonyl (C=O) groups is 1. The van der Waals surface area contributed by atoms with Gasteiger partial charge in [-0.25, -0.2) is 0 Å². The Balaban J connectivity index is 1.30. The van der Waals surface area contributed by atoms with Crippen LogP contribution >= 0.6 is 0 Å². The Bertz CT molecular complexity index is 1040. The van der Waals surface area contributed by atoms with Crippen LogP contribution in [0.3, 0.4) is 0 Å². The second-order valence-electron chi connectivity index (χ2n) is 7.37. The van der Waals surface area contributed by atoms with Crippen LogP contribution in [0.1, 0.15) is 40.4 Å². The van der Waals surface area contributed by atoms with Gasteiger partial charge < -0.3 is 14.8 Å². The van der Waals surface area contributed by atoms with Crippen molar-refractivity contribution in [1.29, 1.82) is 0 Å². The molecule has 3 aromatic rings. The predicted octanol–water partition coefficient (Wildman–Crippen LogP) is 3.86. The quantitative estimate of drug-likeness (QED) is 0.737. The second kappa shape index (κ2) is 7.15. The molecule has 1 aromatic heterocycles. The zero-order valence-corrected chi connectivity index (χ0v) is 15.6. The van der Waals surface area contributed by atoms with E-state index in [1.165, 1.54) is 0 Å². The molecule has 0 spiro atoms. The third-order valence-corrected chi connectivity index (χ3v) is 5.28. The van der Waals surface area contributed by atoms with E-state index >= 15 is 0 Å².